The predicted molar refractivity (Wildman–Crippen MR) is 153 cm³/mol. The maximum atomic E-state index is 14.8. The number of carbonyl (C=O) groups is 1. The fourth-order valence-corrected chi connectivity index (χ4v) is 7.36. The Kier molecular flexibility index (Phi) is 7.63. The molecule has 0 unspecified atom stereocenters. The van der Waals surface area contributed by atoms with Crippen molar-refractivity contribution in [1.29, 1.82) is 0 Å². The number of benzene rings is 2. The van der Waals surface area contributed by atoms with Crippen molar-refractivity contribution < 1.29 is 19.0 Å². The fraction of sp³-hybridized carbons (Fsp3) is 0.531. The number of hydrogen-bond acceptors (Lipinski definition) is 4. The van der Waals surface area contributed by atoms with Gasteiger partial charge in [0.2, 0.25) is 0 Å². The van der Waals surface area contributed by atoms with Gasteiger partial charge in [-0.05, 0) is 80.0 Å². The summed E-state index contributed by atoms with van der Waals surface area (Å²) in [7, 11) is 1.78. The largest absolute Gasteiger partial charge is 0.478 e. The summed E-state index contributed by atoms with van der Waals surface area (Å²) in [6.45, 7) is 6.21. The zero-order chi connectivity index (χ0) is 26.9. The van der Waals surface area contributed by atoms with E-state index in [4.69, 9.17) is 4.74 Å². The molecular weight excluding hydrogens is 493 g/mol. The molecule has 3 aromatic rings. The highest BCUT2D eigenvalue weighted by Crippen LogP contribution is 2.47. The number of likely N-dealkylation sites (tertiary alicyclic amines) is 1. The van der Waals surface area contributed by atoms with Gasteiger partial charge in [-0.15, -0.1) is 0 Å². The number of anilines is 1. The maximum Gasteiger partial charge on any atom is 0.335 e. The van der Waals surface area contributed by atoms with Crippen LogP contribution in [0.4, 0.5) is 10.1 Å². The average molecular weight is 534 g/mol. The van der Waals surface area contributed by atoms with Crippen LogP contribution in [0.3, 0.4) is 0 Å². The lowest BCUT2D eigenvalue weighted by Gasteiger charge is -2.34. The Labute approximate surface area is 230 Å². The Balaban J connectivity index is 1.40. The lowest BCUT2D eigenvalue weighted by atomic mass is 9.81. The molecule has 1 atom stereocenters. The van der Waals surface area contributed by atoms with E-state index in [9.17, 15) is 14.3 Å². The predicted octanol–water partition coefficient (Wildman–Crippen LogP) is 6.37. The van der Waals surface area contributed by atoms with E-state index in [1.807, 2.05) is 18.2 Å². The third-order valence-electron chi connectivity index (χ3n) is 9.20. The molecule has 208 valence electrons. The Hall–Kier alpha value is -2.90. The van der Waals surface area contributed by atoms with Gasteiger partial charge >= 0.3 is 5.97 Å². The Morgan fingerprint density at radius 2 is 1.85 bits per heavy atom. The van der Waals surface area contributed by atoms with Gasteiger partial charge in [-0.3, -0.25) is 0 Å². The molecule has 1 saturated carbocycles. The number of methoxy groups -OCH3 is 1. The standard InChI is InChI=1S/C32H40FN3O3/c1-39-21-22-6-5-13-34(20-22)14-15-35-16-17-36-29-18-24(32(37)38)9-11-26(29)30(23-7-3-2-4-8-23)31(36)27-12-10-25(33)19-28(27)35/h9-12,18-19,22-23H,2-8,13-17,20-21H2,1H3,(H,37,38)/t22-/m1/s1. The van der Waals surface area contributed by atoms with Crippen molar-refractivity contribution in [2.24, 2.45) is 5.92 Å². The number of fused-ring (bicyclic) bond motifs is 5. The number of halogens is 1. The topological polar surface area (TPSA) is 57.9 Å². The molecule has 7 heteroatoms. The second-order valence-corrected chi connectivity index (χ2v) is 11.7. The normalized spacial score (nSPS) is 20.6. The first-order valence-corrected chi connectivity index (χ1v) is 14.7. The van der Waals surface area contributed by atoms with Gasteiger partial charge in [-0.2, -0.15) is 0 Å². The van der Waals surface area contributed by atoms with Gasteiger partial charge in [-0.1, -0.05) is 25.3 Å². The molecular formula is C32H40FN3O3. The molecule has 6 nitrogen and oxygen atoms in total. The fourth-order valence-electron chi connectivity index (χ4n) is 7.36. The van der Waals surface area contributed by atoms with Crippen molar-refractivity contribution in [2.45, 2.75) is 57.4 Å². The minimum Gasteiger partial charge on any atom is -0.478 e. The van der Waals surface area contributed by atoms with Crippen LogP contribution in [0.2, 0.25) is 0 Å². The molecule has 1 aromatic heterocycles. The minimum absolute atomic E-state index is 0.214. The molecule has 2 aliphatic heterocycles. The summed E-state index contributed by atoms with van der Waals surface area (Å²) < 4.78 is 22.5. The number of carboxylic acid groups (broad SMARTS) is 1. The highest BCUT2D eigenvalue weighted by Gasteiger charge is 2.31. The first kappa shape index (κ1) is 26.3. The number of rotatable bonds is 7. The van der Waals surface area contributed by atoms with Gasteiger partial charge in [0.05, 0.1) is 17.9 Å². The first-order valence-electron chi connectivity index (χ1n) is 14.7. The summed E-state index contributed by atoms with van der Waals surface area (Å²) in [6, 6.07) is 10.8. The van der Waals surface area contributed by atoms with Crippen LogP contribution >= 0.6 is 0 Å². The summed E-state index contributed by atoms with van der Waals surface area (Å²) in [5.41, 5.74) is 5.82. The van der Waals surface area contributed by atoms with Gasteiger partial charge in [0.1, 0.15) is 5.82 Å². The van der Waals surface area contributed by atoms with Crippen molar-refractivity contribution in [2.75, 3.05) is 51.3 Å². The Bertz CT molecular complexity index is 1340. The van der Waals surface area contributed by atoms with Crippen LogP contribution in [0.5, 0.6) is 0 Å². The van der Waals surface area contributed by atoms with Crippen LogP contribution in [0, 0.1) is 11.7 Å². The van der Waals surface area contributed by atoms with Gasteiger partial charge < -0.3 is 24.2 Å². The lowest BCUT2D eigenvalue weighted by molar-refractivity contribution is 0.0697. The molecule has 3 aliphatic rings. The molecule has 6 rings (SSSR count). The van der Waals surface area contributed by atoms with Crippen LogP contribution < -0.4 is 4.90 Å². The molecule has 0 amide bonds. The summed E-state index contributed by atoms with van der Waals surface area (Å²) in [4.78, 5) is 16.8. The van der Waals surface area contributed by atoms with E-state index in [1.54, 1.807) is 25.3 Å². The zero-order valence-electron chi connectivity index (χ0n) is 23.0. The quantitative estimate of drug-likeness (QED) is 0.382. The van der Waals surface area contributed by atoms with Crippen LogP contribution in [-0.4, -0.2) is 67.0 Å². The number of carboxylic acids is 1. The van der Waals surface area contributed by atoms with Crippen molar-refractivity contribution >= 4 is 22.6 Å². The van der Waals surface area contributed by atoms with Gasteiger partial charge in [0, 0.05) is 62.0 Å². The van der Waals surface area contributed by atoms with E-state index in [0.717, 1.165) is 86.6 Å². The highest BCUT2D eigenvalue weighted by molar-refractivity contribution is 5.99. The average Bonchev–Trinajstić information content (AvgIpc) is 3.18. The van der Waals surface area contributed by atoms with E-state index in [2.05, 4.69) is 14.4 Å². The summed E-state index contributed by atoms with van der Waals surface area (Å²) in [6.07, 6.45) is 8.39. The van der Waals surface area contributed by atoms with Crippen LogP contribution in [0.1, 0.15) is 66.8 Å². The molecule has 2 aromatic carbocycles. The third-order valence-corrected chi connectivity index (χ3v) is 9.20. The molecule has 0 spiro atoms. The van der Waals surface area contributed by atoms with Crippen molar-refractivity contribution in [3.05, 3.63) is 53.3 Å². The van der Waals surface area contributed by atoms with Crippen LogP contribution in [0.25, 0.3) is 22.2 Å². The summed E-state index contributed by atoms with van der Waals surface area (Å²) in [5.74, 6) is -0.110. The minimum atomic E-state index is -0.905. The van der Waals surface area contributed by atoms with Crippen LogP contribution in [0.15, 0.2) is 36.4 Å². The number of piperidine rings is 1. The van der Waals surface area contributed by atoms with Crippen molar-refractivity contribution in [3.8, 4) is 11.3 Å². The number of aromatic carboxylic acids is 1. The summed E-state index contributed by atoms with van der Waals surface area (Å²) in [5, 5.41) is 10.9. The highest BCUT2D eigenvalue weighted by atomic mass is 19.1. The molecule has 1 saturated heterocycles. The third kappa shape index (κ3) is 5.19. The van der Waals surface area contributed by atoms with Gasteiger partial charge in [0.25, 0.3) is 0 Å². The monoisotopic (exact) mass is 533 g/mol. The molecule has 0 radical (unpaired) electrons. The molecule has 1 aliphatic carbocycles. The molecule has 3 heterocycles. The lowest BCUT2D eigenvalue weighted by Crippen LogP contribution is -2.42. The number of ether oxygens (including phenoxy) is 1. The number of aromatic nitrogens is 1. The maximum absolute atomic E-state index is 14.8. The second-order valence-electron chi connectivity index (χ2n) is 11.7. The van der Waals surface area contributed by atoms with E-state index in [1.165, 1.54) is 37.7 Å². The van der Waals surface area contributed by atoms with E-state index in [-0.39, 0.29) is 5.82 Å². The van der Waals surface area contributed by atoms with E-state index >= 15 is 0 Å². The smallest absolute Gasteiger partial charge is 0.335 e. The SMILES string of the molecule is COC[C@@H]1CCCN(CCN2CCn3c(c(C4CCCCC4)c4ccc(C(=O)O)cc43)-c3ccc(F)cc32)C1. The molecule has 1 N–H and O–H groups in total. The second kappa shape index (κ2) is 11.3. The van der Waals surface area contributed by atoms with E-state index in [0.29, 0.717) is 17.4 Å². The molecule has 39 heavy (non-hydrogen) atoms. The van der Waals surface area contributed by atoms with Crippen molar-refractivity contribution in [1.82, 2.24) is 9.47 Å². The zero-order valence-corrected chi connectivity index (χ0v) is 23.0. The first-order chi connectivity index (χ1) is 19.0. The van der Waals surface area contributed by atoms with Crippen LogP contribution in [-0.2, 0) is 11.3 Å². The molecule has 0 bridgehead atoms. The number of hydrogen-bond donors (Lipinski definition) is 1. The van der Waals surface area contributed by atoms with E-state index < -0.39 is 5.97 Å². The number of nitrogens with zero attached hydrogens (tertiary/aromatic N) is 3. The van der Waals surface area contributed by atoms with Gasteiger partial charge in [-0.25, -0.2) is 9.18 Å². The summed E-state index contributed by atoms with van der Waals surface area (Å²) >= 11 is 0. The molecule has 2 fully saturated rings. The van der Waals surface area contributed by atoms with Gasteiger partial charge in [0.15, 0.2) is 0 Å². The Morgan fingerprint density at radius 1 is 1.00 bits per heavy atom. The van der Waals surface area contributed by atoms with Crippen molar-refractivity contribution in [3.63, 3.8) is 0 Å². The Morgan fingerprint density at radius 3 is 2.64 bits per heavy atom.